The number of rotatable bonds is 4. The van der Waals surface area contributed by atoms with Crippen molar-refractivity contribution in [2.75, 3.05) is 33.3 Å². The molecule has 0 amide bonds. The van der Waals surface area contributed by atoms with Crippen LogP contribution < -0.4 is 0 Å². The Kier molecular flexibility index (Phi) is 4.62. The Labute approximate surface area is 110 Å². The molecule has 0 aliphatic carbocycles. The average molecular weight is 254 g/mol. The molecule has 2 rings (SSSR count). The van der Waals surface area contributed by atoms with E-state index in [1.807, 2.05) is 13.8 Å². The lowest BCUT2D eigenvalue weighted by atomic mass is 10.1. The summed E-state index contributed by atoms with van der Waals surface area (Å²) in [6, 6.07) is 1.45. The highest BCUT2D eigenvalue weighted by Crippen LogP contribution is 2.28. The summed E-state index contributed by atoms with van der Waals surface area (Å²) in [6.45, 7) is 7.40. The highest BCUT2D eigenvalue weighted by molar-refractivity contribution is 5.72. The van der Waals surface area contributed by atoms with Crippen LogP contribution in [0.25, 0.3) is 0 Å². The van der Waals surface area contributed by atoms with Crippen molar-refractivity contribution in [2.24, 2.45) is 5.92 Å². The standard InChI is InChI=1S/C14H26N2O2/c1-4-18-14(17)11(2)9-16-8-7-12-5-6-13(10-16)15(12)3/h11-13H,4-10H2,1-3H3. The van der Waals surface area contributed by atoms with Crippen LogP contribution in [0.15, 0.2) is 0 Å². The molecule has 3 unspecified atom stereocenters. The van der Waals surface area contributed by atoms with E-state index in [4.69, 9.17) is 4.74 Å². The maximum Gasteiger partial charge on any atom is 0.309 e. The van der Waals surface area contributed by atoms with E-state index in [9.17, 15) is 4.79 Å². The number of ether oxygens (including phenoxy) is 1. The molecule has 0 N–H and O–H groups in total. The van der Waals surface area contributed by atoms with Gasteiger partial charge in [0.2, 0.25) is 0 Å². The third-order valence-corrected chi connectivity index (χ3v) is 4.45. The van der Waals surface area contributed by atoms with Gasteiger partial charge in [-0.15, -0.1) is 0 Å². The first-order valence-corrected chi connectivity index (χ1v) is 7.22. The van der Waals surface area contributed by atoms with Gasteiger partial charge in [-0.05, 0) is 39.8 Å². The second-order valence-electron chi connectivity index (χ2n) is 5.75. The molecule has 2 aliphatic heterocycles. The van der Waals surface area contributed by atoms with Crippen molar-refractivity contribution in [2.45, 2.75) is 45.2 Å². The number of likely N-dealkylation sites (tertiary alicyclic amines) is 1. The third kappa shape index (κ3) is 3.04. The normalized spacial score (nSPS) is 31.1. The minimum atomic E-state index is -0.0553. The number of carbonyl (C=O) groups is 1. The van der Waals surface area contributed by atoms with Gasteiger partial charge in [-0.1, -0.05) is 6.92 Å². The number of hydrogen-bond acceptors (Lipinski definition) is 4. The van der Waals surface area contributed by atoms with Crippen LogP contribution in [0.3, 0.4) is 0 Å². The average Bonchev–Trinajstić information content (AvgIpc) is 2.57. The smallest absolute Gasteiger partial charge is 0.309 e. The van der Waals surface area contributed by atoms with Gasteiger partial charge in [0.1, 0.15) is 0 Å². The summed E-state index contributed by atoms with van der Waals surface area (Å²) in [4.78, 5) is 16.7. The minimum Gasteiger partial charge on any atom is -0.466 e. The molecule has 0 aromatic heterocycles. The van der Waals surface area contributed by atoms with Crippen LogP contribution in [0, 0.1) is 5.92 Å². The molecule has 0 spiro atoms. The predicted molar refractivity (Wildman–Crippen MR) is 71.4 cm³/mol. The largest absolute Gasteiger partial charge is 0.466 e. The molecule has 2 heterocycles. The maximum atomic E-state index is 11.7. The Hall–Kier alpha value is -0.610. The SMILES string of the molecule is CCOC(=O)C(C)CN1CCC2CCC(C1)N2C. The van der Waals surface area contributed by atoms with Crippen molar-refractivity contribution in [3.05, 3.63) is 0 Å². The van der Waals surface area contributed by atoms with Crippen LogP contribution in [0.4, 0.5) is 0 Å². The van der Waals surface area contributed by atoms with E-state index in [1.165, 1.54) is 19.3 Å². The Bertz CT molecular complexity index is 296. The monoisotopic (exact) mass is 254 g/mol. The Morgan fingerprint density at radius 1 is 1.33 bits per heavy atom. The summed E-state index contributed by atoms with van der Waals surface area (Å²) in [6.07, 6.45) is 3.90. The van der Waals surface area contributed by atoms with Crippen LogP contribution in [0.1, 0.15) is 33.1 Å². The second-order valence-corrected chi connectivity index (χ2v) is 5.75. The fourth-order valence-electron chi connectivity index (χ4n) is 3.29. The molecule has 18 heavy (non-hydrogen) atoms. The van der Waals surface area contributed by atoms with Gasteiger partial charge in [-0.2, -0.15) is 0 Å². The topological polar surface area (TPSA) is 32.8 Å². The minimum absolute atomic E-state index is 0.00752. The number of esters is 1. The van der Waals surface area contributed by atoms with Gasteiger partial charge in [-0.25, -0.2) is 0 Å². The highest BCUT2D eigenvalue weighted by Gasteiger charge is 2.35. The molecule has 2 bridgehead atoms. The van der Waals surface area contributed by atoms with Gasteiger partial charge in [0.15, 0.2) is 0 Å². The van der Waals surface area contributed by atoms with Crippen molar-refractivity contribution in [3.63, 3.8) is 0 Å². The zero-order chi connectivity index (χ0) is 13.1. The van der Waals surface area contributed by atoms with Gasteiger partial charge in [0.25, 0.3) is 0 Å². The Morgan fingerprint density at radius 3 is 2.78 bits per heavy atom. The predicted octanol–water partition coefficient (Wildman–Crippen LogP) is 1.35. The fraction of sp³-hybridized carbons (Fsp3) is 0.929. The van der Waals surface area contributed by atoms with Crippen molar-refractivity contribution >= 4 is 5.97 Å². The van der Waals surface area contributed by atoms with Gasteiger partial charge >= 0.3 is 5.97 Å². The molecule has 4 heteroatoms. The fourth-order valence-corrected chi connectivity index (χ4v) is 3.29. The lowest BCUT2D eigenvalue weighted by Crippen LogP contribution is -2.39. The maximum absolute atomic E-state index is 11.7. The third-order valence-electron chi connectivity index (χ3n) is 4.45. The van der Waals surface area contributed by atoms with Crippen LogP contribution in [0.5, 0.6) is 0 Å². The van der Waals surface area contributed by atoms with E-state index in [1.54, 1.807) is 0 Å². The molecular formula is C14H26N2O2. The molecule has 0 saturated carbocycles. The Morgan fingerprint density at radius 2 is 2.06 bits per heavy atom. The van der Waals surface area contributed by atoms with Gasteiger partial charge in [0, 0.05) is 25.2 Å². The zero-order valence-corrected chi connectivity index (χ0v) is 11.9. The second kappa shape index (κ2) is 6.02. The Balaban J connectivity index is 1.85. The van der Waals surface area contributed by atoms with Gasteiger partial charge < -0.3 is 9.64 Å². The van der Waals surface area contributed by atoms with Crippen LogP contribution in [-0.2, 0) is 9.53 Å². The first kappa shape index (κ1) is 13.8. The molecule has 4 nitrogen and oxygen atoms in total. The van der Waals surface area contributed by atoms with Crippen molar-refractivity contribution in [1.29, 1.82) is 0 Å². The van der Waals surface area contributed by atoms with E-state index >= 15 is 0 Å². The summed E-state index contributed by atoms with van der Waals surface area (Å²) >= 11 is 0. The van der Waals surface area contributed by atoms with Gasteiger partial charge in [-0.3, -0.25) is 9.69 Å². The summed E-state index contributed by atoms with van der Waals surface area (Å²) in [5.74, 6) is -0.0628. The molecule has 0 radical (unpaired) electrons. The van der Waals surface area contributed by atoms with Crippen LogP contribution in [-0.4, -0.2) is 61.1 Å². The summed E-state index contributed by atoms with van der Waals surface area (Å²) in [5, 5.41) is 0. The van der Waals surface area contributed by atoms with Crippen LogP contribution in [0.2, 0.25) is 0 Å². The molecule has 2 fully saturated rings. The molecule has 2 saturated heterocycles. The lowest BCUT2D eigenvalue weighted by molar-refractivity contribution is -0.148. The van der Waals surface area contributed by atoms with E-state index in [2.05, 4.69) is 16.8 Å². The first-order chi connectivity index (χ1) is 8.61. The number of carbonyl (C=O) groups excluding carboxylic acids is 1. The van der Waals surface area contributed by atoms with E-state index in [-0.39, 0.29) is 11.9 Å². The highest BCUT2D eigenvalue weighted by atomic mass is 16.5. The van der Waals surface area contributed by atoms with Crippen molar-refractivity contribution < 1.29 is 9.53 Å². The quantitative estimate of drug-likeness (QED) is 0.709. The van der Waals surface area contributed by atoms with Crippen molar-refractivity contribution in [3.8, 4) is 0 Å². The molecule has 0 aromatic carbocycles. The van der Waals surface area contributed by atoms with Gasteiger partial charge in [0.05, 0.1) is 12.5 Å². The molecular weight excluding hydrogens is 228 g/mol. The molecule has 104 valence electrons. The number of hydrogen-bond donors (Lipinski definition) is 0. The van der Waals surface area contributed by atoms with Crippen molar-refractivity contribution in [1.82, 2.24) is 9.80 Å². The number of nitrogens with zero attached hydrogens (tertiary/aromatic N) is 2. The number of fused-ring (bicyclic) bond motifs is 2. The van der Waals surface area contributed by atoms with E-state index in [0.717, 1.165) is 25.7 Å². The molecule has 0 aromatic rings. The first-order valence-electron chi connectivity index (χ1n) is 7.22. The summed E-state index contributed by atoms with van der Waals surface area (Å²) in [7, 11) is 2.25. The van der Waals surface area contributed by atoms with E-state index in [0.29, 0.717) is 12.6 Å². The number of likely N-dealkylation sites (N-methyl/N-ethyl adjacent to an activating group) is 1. The summed E-state index contributed by atoms with van der Waals surface area (Å²) < 4.78 is 5.08. The summed E-state index contributed by atoms with van der Waals surface area (Å²) in [5.41, 5.74) is 0. The van der Waals surface area contributed by atoms with Crippen LogP contribution >= 0.6 is 0 Å². The lowest BCUT2D eigenvalue weighted by Gasteiger charge is -2.27. The molecule has 3 atom stereocenters. The van der Waals surface area contributed by atoms with E-state index < -0.39 is 0 Å². The zero-order valence-electron chi connectivity index (χ0n) is 11.9. The molecule has 2 aliphatic rings.